The summed E-state index contributed by atoms with van der Waals surface area (Å²) in [5, 5.41) is 27.2. The Morgan fingerprint density at radius 2 is 2.14 bits per heavy atom. The van der Waals surface area contributed by atoms with Crippen molar-refractivity contribution >= 4 is 6.09 Å². The summed E-state index contributed by atoms with van der Waals surface area (Å²) in [6, 6.07) is 7.42. The van der Waals surface area contributed by atoms with Crippen LogP contribution in [0.3, 0.4) is 0 Å². The van der Waals surface area contributed by atoms with E-state index in [0.29, 0.717) is 33.8 Å². The first-order valence-electron chi connectivity index (χ1n) is 11.0. The van der Waals surface area contributed by atoms with Gasteiger partial charge in [-0.3, -0.25) is 4.90 Å². The zero-order valence-corrected chi connectivity index (χ0v) is 19.9. The summed E-state index contributed by atoms with van der Waals surface area (Å²) in [6.45, 7) is 5.04. The third kappa shape index (κ3) is 3.76. The fourth-order valence-electron chi connectivity index (χ4n) is 4.94. The molecule has 0 radical (unpaired) electrons. The average Bonchev–Trinajstić information content (AvgIpc) is 3.19. The van der Waals surface area contributed by atoms with E-state index in [-0.39, 0.29) is 37.1 Å². The van der Waals surface area contributed by atoms with Gasteiger partial charge in [0.05, 0.1) is 43.5 Å². The molecule has 10 heteroatoms. The van der Waals surface area contributed by atoms with Gasteiger partial charge in [-0.15, -0.1) is 0 Å². The second-order valence-electron chi connectivity index (χ2n) is 9.05. The highest BCUT2D eigenvalue weighted by molar-refractivity contribution is 5.69. The number of allylic oxidation sites excluding steroid dienone is 1. The van der Waals surface area contributed by atoms with Gasteiger partial charge in [0.1, 0.15) is 11.6 Å². The Bertz CT molecular complexity index is 1320. The number of nitriles is 1. The molecular weight excluding hydrogens is 453 g/mol. The molecule has 1 atom stereocenters. The molecule has 2 aromatic rings. The van der Waals surface area contributed by atoms with E-state index in [2.05, 4.69) is 32.8 Å². The van der Waals surface area contributed by atoms with Crippen LogP contribution in [0.1, 0.15) is 41.8 Å². The van der Waals surface area contributed by atoms with Gasteiger partial charge >= 0.3 is 6.09 Å². The van der Waals surface area contributed by atoms with E-state index in [1.54, 1.807) is 25.1 Å². The highest BCUT2D eigenvalue weighted by Gasteiger charge is 2.51. The van der Waals surface area contributed by atoms with Gasteiger partial charge in [0.2, 0.25) is 17.4 Å². The number of nitrogens with one attached hydrogen (secondary N) is 1. The van der Waals surface area contributed by atoms with Crippen LogP contribution in [-0.4, -0.2) is 52.2 Å². The monoisotopic (exact) mass is 479 g/mol. The topological polar surface area (TPSA) is 137 Å². The van der Waals surface area contributed by atoms with Crippen molar-refractivity contribution in [2.45, 2.75) is 38.5 Å². The number of nitrogens with two attached hydrogens (primary N) is 1. The number of aromatic amines is 1. The van der Waals surface area contributed by atoms with Crippen LogP contribution in [0.15, 0.2) is 29.7 Å². The van der Waals surface area contributed by atoms with Crippen LogP contribution in [0.5, 0.6) is 5.88 Å². The summed E-state index contributed by atoms with van der Waals surface area (Å²) in [7, 11) is 1.23. The number of aryl methyl sites for hydroxylation is 1. The fourth-order valence-corrected chi connectivity index (χ4v) is 4.94. The fraction of sp³-hybridized carbons (Fsp3) is 0.400. The Labute approximate surface area is 202 Å². The van der Waals surface area contributed by atoms with E-state index in [0.717, 1.165) is 0 Å². The quantitative estimate of drug-likeness (QED) is 0.575. The van der Waals surface area contributed by atoms with Crippen molar-refractivity contribution in [1.29, 1.82) is 5.26 Å². The number of halogens is 1. The zero-order valence-electron chi connectivity index (χ0n) is 19.9. The highest BCUT2D eigenvalue weighted by Crippen LogP contribution is 2.52. The molecule has 0 unspecified atom stereocenters. The lowest BCUT2D eigenvalue weighted by Crippen LogP contribution is -2.60. The summed E-state index contributed by atoms with van der Waals surface area (Å²) in [6.07, 6.45) is -0.609. The summed E-state index contributed by atoms with van der Waals surface area (Å²) in [5.74, 6) is 5.58. The highest BCUT2D eigenvalue weighted by atomic mass is 19.1. The van der Waals surface area contributed by atoms with E-state index in [4.69, 9.17) is 10.5 Å². The largest absolute Gasteiger partial charge is 0.453 e. The van der Waals surface area contributed by atoms with Gasteiger partial charge in [-0.25, -0.2) is 14.3 Å². The van der Waals surface area contributed by atoms with Gasteiger partial charge in [0.15, 0.2) is 0 Å². The summed E-state index contributed by atoms with van der Waals surface area (Å²) in [4.78, 5) is 12.8. The molecular formula is C25H26FN5O4. The van der Waals surface area contributed by atoms with Crippen molar-refractivity contribution in [1.82, 2.24) is 15.1 Å². The number of amides is 1. The number of methoxy groups -OCH3 is 1. The maximum absolute atomic E-state index is 15.0. The van der Waals surface area contributed by atoms with Crippen molar-refractivity contribution in [2.75, 3.05) is 20.2 Å². The molecule has 1 aromatic carbocycles. The molecule has 1 fully saturated rings. The lowest BCUT2D eigenvalue weighted by atomic mass is 9.61. The minimum Gasteiger partial charge on any atom is -0.453 e. The first-order valence-corrected chi connectivity index (χ1v) is 11.0. The van der Waals surface area contributed by atoms with Gasteiger partial charge in [0, 0.05) is 5.56 Å². The molecule has 1 saturated heterocycles. The number of carbonyl (C=O) groups excluding carboxylic acids is 1. The smallest absolute Gasteiger partial charge is 0.409 e. The van der Waals surface area contributed by atoms with Crippen LogP contribution < -0.4 is 10.5 Å². The molecule has 0 spiro atoms. The van der Waals surface area contributed by atoms with Crippen molar-refractivity contribution < 1.29 is 23.8 Å². The second kappa shape index (κ2) is 8.64. The molecule has 3 heterocycles. The van der Waals surface area contributed by atoms with Gasteiger partial charge in [-0.1, -0.05) is 31.8 Å². The molecule has 182 valence electrons. The molecule has 0 bridgehead atoms. The van der Waals surface area contributed by atoms with E-state index in [1.165, 1.54) is 12.0 Å². The first-order chi connectivity index (χ1) is 16.6. The Hall–Kier alpha value is -4.02. The minimum atomic E-state index is -1.87. The number of benzene rings is 1. The number of hydrogen-bond acceptors (Lipinski definition) is 7. The predicted octanol–water partition coefficient (Wildman–Crippen LogP) is 2.38. The Balaban J connectivity index is 1.86. The van der Waals surface area contributed by atoms with Gasteiger partial charge in [-0.05, 0) is 36.1 Å². The van der Waals surface area contributed by atoms with Gasteiger partial charge in [0.25, 0.3) is 0 Å². The normalized spacial score (nSPS) is 20.2. The van der Waals surface area contributed by atoms with E-state index < -0.39 is 17.2 Å². The van der Waals surface area contributed by atoms with Crippen LogP contribution in [0.25, 0.3) is 0 Å². The molecule has 0 aliphatic carbocycles. The minimum absolute atomic E-state index is 0.0422. The Morgan fingerprint density at radius 1 is 1.43 bits per heavy atom. The van der Waals surface area contributed by atoms with Crippen molar-refractivity contribution in [3.8, 4) is 23.8 Å². The van der Waals surface area contributed by atoms with Crippen molar-refractivity contribution in [3.63, 3.8) is 0 Å². The number of rotatable bonds is 3. The Morgan fingerprint density at radius 3 is 2.74 bits per heavy atom. The van der Waals surface area contributed by atoms with Crippen LogP contribution >= 0.6 is 0 Å². The van der Waals surface area contributed by atoms with Crippen molar-refractivity contribution in [3.05, 3.63) is 57.6 Å². The standard InChI is InChI=1S/C25H26FN5O4/c1-14(2)25(19(10-27)21(28)35-22-20(25)15(3)29-30-22)18-8-16(7-17(9-18)11-32)5-6-24(26)12-31(13-24)23(33)34-4/h7-9,14,32H,11-13,28H2,1-4H3,(H,29,30)/t25-/m0/s1. The van der Waals surface area contributed by atoms with Gasteiger partial charge in [-0.2, -0.15) is 10.4 Å². The number of fused-ring (bicyclic) bond motifs is 1. The molecule has 2 aliphatic rings. The summed E-state index contributed by atoms with van der Waals surface area (Å²) in [5.41, 5.74) is 6.42. The number of aromatic nitrogens is 2. The maximum atomic E-state index is 15.0. The van der Waals surface area contributed by atoms with Crippen molar-refractivity contribution in [2.24, 2.45) is 11.7 Å². The summed E-state index contributed by atoms with van der Waals surface area (Å²) >= 11 is 0. The van der Waals surface area contributed by atoms with Crippen LogP contribution in [0, 0.1) is 36.0 Å². The van der Waals surface area contributed by atoms with E-state index in [1.807, 2.05) is 13.8 Å². The SMILES string of the molecule is COC(=O)N1CC(F)(C#Cc2cc(CO)cc([C@@]3(C(C)C)C(C#N)=C(N)Oc4[nH]nc(C)c43)c2)C1. The number of likely N-dealkylation sites (tertiary alicyclic amines) is 1. The number of alkyl halides is 1. The lowest BCUT2D eigenvalue weighted by Gasteiger charge is -2.41. The number of hydrogen-bond donors (Lipinski definition) is 3. The maximum Gasteiger partial charge on any atom is 0.409 e. The number of nitrogens with zero attached hydrogens (tertiary/aromatic N) is 3. The number of carbonyl (C=O) groups is 1. The predicted molar refractivity (Wildman–Crippen MR) is 123 cm³/mol. The molecule has 9 nitrogen and oxygen atoms in total. The van der Waals surface area contributed by atoms with Crippen LogP contribution in [0.4, 0.5) is 9.18 Å². The van der Waals surface area contributed by atoms with Crippen LogP contribution in [0.2, 0.25) is 0 Å². The molecule has 1 amide bonds. The lowest BCUT2D eigenvalue weighted by molar-refractivity contribution is 0.0128. The number of H-pyrrole nitrogens is 1. The molecule has 0 saturated carbocycles. The second-order valence-corrected chi connectivity index (χ2v) is 9.05. The number of ether oxygens (including phenoxy) is 2. The first kappa shape index (κ1) is 24.1. The third-order valence-electron chi connectivity index (χ3n) is 6.52. The van der Waals surface area contributed by atoms with E-state index >= 15 is 0 Å². The zero-order chi connectivity index (χ0) is 25.5. The molecule has 4 N–H and O–H groups in total. The Kier molecular flexibility index (Phi) is 5.95. The average molecular weight is 480 g/mol. The molecule has 4 rings (SSSR count). The van der Waals surface area contributed by atoms with Gasteiger partial charge < -0.3 is 20.3 Å². The molecule has 1 aromatic heterocycles. The van der Waals surface area contributed by atoms with E-state index in [9.17, 15) is 19.6 Å². The molecule has 2 aliphatic heterocycles. The summed E-state index contributed by atoms with van der Waals surface area (Å²) < 4.78 is 25.3. The van der Waals surface area contributed by atoms with Crippen LogP contribution in [-0.2, 0) is 16.8 Å². The third-order valence-corrected chi connectivity index (χ3v) is 6.52. The number of aliphatic hydroxyl groups excluding tert-OH is 1. The number of aliphatic hydroxyl groups is 1. The molecule has 35 heavy (non-hydrogen) atoms.